The van der Waals surface area contributed by atoms with E-state index in [1.54, 1.807) is 18.1 Å². The van der Waals surface area contributed by atoms with Crippen LogP contribution in [0.4, 0.5) is 0 Å². The van der Waals surface area contributed by atoms with Crippen molar-refractivity contribution in [1.29, 1.82) is 0 Å². The monoisotopic (exact) mass is 334 g/mol. The molecule has 0 saturated heterocycles. The van der Waals surface area contributed by atoms with Crippen molar-refractivity contribution in [1.82, 2.24) is 25.1 Å². The van der Waals surface area contributed by atoms with E-state index in [2.05, 4.69) is 25.2 Å². The van der Waals surface area contributed by atoms with Crippen LogP contribution in [0.2, 0.25) is 0 Å². The molecular formula is C17H30N6O. The van der Waals surface area contributed by atoms with Gasteiger partial charge >= 0.3 is 0 Å². The maximum atomic E-state index is 12.6. The van der Waals surface area contributed by atoms with Crippen molar-refractivity contribution in [2.45, 2.75) is 38.6 Å². The van der Waals surface area contributed by atoms with Crippen molar-refractivity contribution in [2.75, 3.05) is 34.2 Å². The molecule has 1 fully saturated rings. The third kappa shape index (κ3) is 4.72. The van der Waals surface area contributed by atoms with Gasteiger partial charge in [0.05, 0.1) is 11.7 Å². The summed E-state index contributed by atoms with van der Waals surface area (Å²) in [6.07, 6.45) is 10.7. The minimum Gasteiger partial charge on any atom is -0.356 e. The van der Waals surface area contributed by atoms with Gasteiger partial charge in [0.15, 0.2) is 5.96 Å². The molecule has 0 aromatic carbocycles. The molecule has 1 heterocycles. The van der Waals surface area contributed by atoms with Gasteiger partial charge in [0.1, 0.15) is 0 Å². The molecule has 0 unspecified atom stereocenters. The van der Waals surface area contributed by atoms with E-state index in [0.717, 1.165) is 51.2 Å². The smallest absolute Gasteiger partial charge is 0.230 e. The van der Waals surface area contributed by atoms with Gasteiger partial charge in [0.2, 0.25) is 5.91 Å². The molecule has 24 heavy (non-hydrogen) atoms. The fraction of sp³-hybridized carbons (Fsp3) is 0.706. The van der Waals surface area contributed by atoms with Crippen LogP contribution in [0, 0.1) is 5.41 Å². The summed E-state index contributed by atoms with van der Waals surface area (Å²) in [5.41, 5.74) is -0.280. The van der Waals surface area contributed by atoms with Crippen molar-refractivity contribution >= 4 is 11.9 Å². The third-order valence-corrected chi connectivity index (χ3v) is 4.68. The number of amides is 1. The van der Waals surface area contributed by atoms with Crippen molar-refractivity contribution in [3.63, 3.8) is 0 Å². The number of aromatic nitrogens is 2. The molecule has 0 bridgehead atoms. The van der Waals surface area contributed by atoms with Gasteiger partial charge < -0.3 is 20.1 Å². The topological polar surface area (TPSA) is 74.5 Å². The second-order valence-corrected chi connectivity index (χ2v) is 6.69. The molecule has 0 spiro atoms. The second-order valence-electron chi connectivity index (χ2n) is 6.69. The lowest BCUT2D eigenvalue weighted by atomic mass is 9.84. The summed E-state index contributed by atoms with van der Waals surface area (Å²) in [5.74, 6) is 0.988. The zero-order chi connectivity index (χ0) is 17.4. The van der Waals surface area contributed by atoms with Gasteiger partial charge in [-0.2, -0.15) is 0 Å². The number of aliphatic imine (C=N–C) groups is 1. The van der Waals surface area contributed by atoms with Crippen molar-refractivity contribution in [3.05, 3.63) is 18.7 Å². The predicted octanol–water partition coefficient (Wildman–Crippen LogP) is 1.09. The lowest BCUT2D eigenvalue weighted by Gasteiger charge is -2.31. The van der Waals surface area contributed by atoms with Crippen LogP contribution in [-0.4, -0.2) is 60.6 Å². The maximum Gasteiger partial charge on any atom is 0.230 e. The van der Waals surface area contributed by atoms with E-state index in [9.17, 15) is 4.79 Å². The zero-order valence-corrected chi connectivity index (χ0v) is 15.1. The fourth-order valence-electron chi connectivity index (χ4n) is 3.35. The SMILES string of the molecule is CN=C(NCCCn1ccnc1)NCC1(C(=O)N(C)C)CCCC1. The number of guanidine groups is 1. The second kappa shape index (κ2) is 8.70. The van der Waals surface area contributed by atoms with E-state index in [1.165, 1.54) is 0 Å². The zero-order valence-electron chi connectivity index (χ0n) is 15.1. The summed E-state index contributed by atoms with van der Waals surface area (Å²) in [4.78, 5) is 22.6. The number of hydrogen-bond acceptors (Lipinski definition) is 3. The fourth-order valence-corrected chi connectivity index (χ4v) is 3.35. The van der Waals surface area contributed by atoms with E-state index < -0.39 is 0 Å². The van der Waals surface area contributed by atoms with E-state index in [4.69, 9.17) is 0 Å². The lowest BCUT2D eigenvalue weighted by Crippen LogP contribution is -2.49. The van der Waals surface area contributed by atoms with Gasteiger partial charge in [-0.3, -0.25) is 9.79 Å². The van der Waals surface area contributed by atoms with Crippen LogP contribution in [-0.2, 0) is 11.3 Å². The number of hydrogen-bond donors (Lipinski definition) is 2. The van der Waals surface area contributed by atoms with Crippen LogP contribution in [0.25, 0.3) is 0 Å². The number of carbonyl (C=O) groups excluding carboxylic acids is 1. The molecule has 1 aliphatic rings. The first-order chi connectivity index (χ1) is 11.6. The molecule has 0 radical (unpaired) electrons. The molecule has 1 saturated carbocycles. The first-order valence-corrected chi connectivity index (χ1v) is 8.69. The van der Waals surface area contributed by atoms with Crippen molar-refractivity contribution in [2.24, 2.45) is 10.4 Å². The largest absolute Gasteiger partial charge is 0.356 e. The van der Waals surface area contributed by atoms with Crippen LogP contribution < -0.4 is 10.6 Å². The number of imidazole rings is 1. The number of rotatable bonds is 7. The Balaban J connectivity index is 1.78. The summed E-state index contributed by atoms with van der Waals surface area (Å²) < 4.78 is 2.06. The van der Waals surface area contributed by atoms with Crippen LogP contribution >= 0.6 is 0 Å². The normalized spacial score (nSPS) is 16.9. The average molecular weight is 334 g/mol. The maximum absolute atomic E-state index is 12.6. The Morgan fingerprint density at radius 3 is 2.67 bits per heavy atom. The number of aryl methyl sites for hydroxylation is 1. The molecule has 7 nitrogen and oxygen atoms in total. The first-order valence-electron chi connectivity index (χ1n) is 8.69. The van der Waals surface area contributed by atoms with Gasteiger partial charge in [-0.1, -0.05) is 12.8 Å². The Bertz CT molecular complexity index is 531. The molecule has 1 amide bonds. The Morgan fingerprint density at radius 2 is 2.08 bits per heavy atom. The Kier molecular flexibility index (Phi) is 6.63. The molecular weight excluding hydrogens is 304 g/mol. The van der Waals surface area contributed by atoms with E-state index in [-0.39, 0.29) is 11.3 Å². The van der Waals surface area contributed by atoms with Crippen LogP contribution in [0.1, 0.15) is 32.1 Å². The standard InChI is InChI=1S/C17H30N6O/c1-18-16(20-9-6-11-23-12-10-19-14-23)21-13-17(7-4-5-8-17)15(24)22(2)3/h10,12,14H,4-9,11,13H2,1-3H3,(H2,18,20,21). The van der Waals surface area contributed by atoms with Crippen molar-refractivity contribution < 1.29 is 4.79 Å². The Hall–Kier alpha value is -2.05. The molecule has 2 rings (SSSR count). The quantitative estimate of drug-likeness (QED) is 0.445. The van der Waals surface area contributed by atoms with Gasteiger partial charge in [-0.15, -0.1) is 0 Å². The van der Waals surface area contributed by atoms with E-state index >= 15 is 0 Å². The van der Waals surface area contributed by atoms with E-state index in [0.29, 0.717) is 6.54 Å². The molecule has 0 aliphatic heterocycles. The highest BCUT2D eigenvalue weighted by molar-refractivity contribution is 5.85. The lowest BCUT2D eigenvalue weighted by molar-refractivity contribution is -0.138. The number of carbonyl (C=O) groups is 1. The summed E-state index contributed by atoms with van der Waals surface area (Å²) in [6.45, 7) is 2.39. The summed E-state index contributed by atoms with van der Waals surface area (Å²) in [5, 5.41) is 6.68. The van der Waals surface area contributed by atoms with Crippen LogP contribution in [0.3, 0.4) is 0 Å². The molecule has 7 heteroatoms. The number of nitrogens with one attached hydrogen (secondary N) is 2. The van der Waals surface area contributed by atoms with Crippen molar-refractivity contribution in [3.8, 4) is 0 Å². The van der Waals surface area contributed by atoms with Crippen LogP contribution in [0.5, 0.6) is 0 Å². The summed E-state index contributed by atoms with van der Waals surface area (Å²) in [7, 11) is 5.44. The van der Waals surface area contributed by atoms with Crippen LogP contribution in [0.15, 0.2) is 23.7 Å². The minimum absolute atomic E-state index is 0.225. The molecule has 1 aromatic heterocycles. The van der Waals surface area contributed by atoms with Gasteiger partial charge in [-0.05, 0) is 19.3 Å². The first kappa shape index (κ1) is 18.3. The number of nitrogens with zero attached hydrogens (tertiary/aromatic N) is 4. The van der Waals surface area contributed by atoms with Gasteiger partial charge in [-0.25, -0.2) is 4.98 Å². The van der Waals surface area contributed by atoms with E-state index in [1.807, 2.05) is 26.6 Å². The molecule has 134 valence electrons. The highest BCUT2D eigenvalue weighted by Gasteiger charge is 2.42. The highest BCUT2D eigenvalue weighted by Crippen LogP contribution is 2.38. The van der Waals surface area contributed by atoms with Gasteiger partial charge in [0, 0.05) is 53.2 Å². The average Bonchev–Trinajstić information content (AvgIpc) is 3.25. The highest BCUT2D eigenvalue weighted by atomic mass is 16.2. The Labute approximate surface area is 144 Å². The summed E-state index contributed by atoms with van der Waals surface area (Å²) >= 11 is 0. The predicted molar refractivity (Wildman–Crippen MR) is 95.8 cm³/mol. The molecule has 0 atom stereocenters. The molecule has 1 aliphatic carbocycles. The summed E-state index contributed by atoms with van der Waals surface area (Å²) in [6, 6.07) is 0. The molecule has 2 N–H and O–H groups in total. The van der Waals surface area contributed by atoms with Gasteiger partial charge in [0.25, 0.3) is 0 Å². The molecule has 1 aromatic rings. The third-order valence-electron chi connectivity index (χ3n) is 4.68. The Morgan fingerprint density at radius 1 is 1.33 bits per heavy atom. The minimum atomic E-state index is -0.280.